The van der Waals surface area contributed by atoms with Gasteiger partial charge in [-0.2, -0.15) is 8.78 Å². The molecule has 0 aliphatic carbocycles. The Hall–Kier alpha value is -1.89. The standard InChI is InChI=1S/C15H20F2N2O3/c1-21-9-7-14(20)18-11-6-8-19(10-11)12-4-2-3-5-13(12)22-15(16)17/h2-5,11,15H,6-10H2,1H3,(H,18,20)/t11-/m1/s1. The Morgan fingerprint density at radius 1 is 1.45 bits per heavy atom. The van der Waals surface area contributed by atoms with Gasteiger partial charge >= 0.3 is 6.61 Å². The number of nitrogens with zero attached hydrogens (tertiary/aromatic N) is 1. The van der Waals surface area contributed by atoms with Gasteiger partial charge < -0.3 is 19.7 Å². The summed E-state index contributed by atoms with van der Waals surface area (Å²) in [6, 6.07) is 6.70. The number of anilines is 1. The van der Waals surface area contributed by atoms with Crippen LogP contribution in [0.5, 0.6) is 5.75 Å². The van der Waals surface area contributed by atoms with Gasteiger partial charge in [0.1, 0.15) is 5.75 Å². The molecule has 1 fully saturated rings. The average Bonchev–Trinajstić information content (AvgIpc) is 2.93. The van der Waals surface area contributed by atoms with Crippen LogP contribution in [0.3, 0.4) is 0 Å². The van der Waals surface area contributed by atoms with Crippen molar-refractivity contribution in [2.45, 2.75) is 25.5 Å². The number of amides is 1. The lowest BCUT2D eigenvalue weighted by Crippen LogP contribution is -2.37. The minimum atomic E-state index is -2.85. The minimum absolute atomic E-state index is 0.00367. The van der Waals surface area contributed by atoms with Crippen molar-refractivity contribution in [2.75, 3.05) is 31.7 Å². The molecule has 0 unspecified atom stereocenters. The number of hydrogen-bond donors (Lipinski definition) is 1. The van der Waals surface area contributed by atoms with Gasteiger partial charge in [-0.3, -0.25) is 4.79 Å². The largest absolute Gasteiger partial charge is 0.433 e. The Morgan fingerprint density at radius 3 is 2.95 bits per heavy atom. The second-order valence-corrected chi connectivity index (χ2v) is 5.09. The molecule has 1 N–H and O–H groups in total. The molecule has 0 aromatic heterocycles. The fourth-order valence-electron chi connectivity index (χ4n) is 2.51. The van der Waals surface area contributed by atoms with Crippen LogP contribution in [0, 0.1) is 0 Å². The smallest absolute Gasteiger partial charge is 0.387 e. The highest BCUT2D eigenvalue weighted by molar-refractivity contribution is 5.76. The summed E-state index contributed by atoms with van der Waals surface area (Å²) in [6.45, 7) is -1.22. The number of alkyl halides is 2. The number of carbonyl (C=O) groups is 1. The first kappa shape index (κ1) is 16.5. The number of ether oxygens (including phenoxy) is 2. The Kier molecular flexibility index (Phi) is 5.94. The van der Waals surface area contributed by atoms with E-state index in [-0.39, 0.29) is 17.7 Å². The molecule has 0 saturated carbocycles. The van der Waals surface area contributed by atoms with Crippen molar-refractivity contribution in [2.24, 2.45) is 0 Å². The molecule has 1 saturated heterocycles. The summed E-state index contributed by atoms with van der Waals surface area (Å²) in [5.41, 5.74) is 0.622. The quantitative estimate of drug-likeness (QED) is 0.836. The molecule has 2 rings (SSSR count). The summed E-state index contributed by atoms with van der Waals surface area (Å²) in [5.74, 6) is 0.0923. The summed E-state index contributed by atoms with van der Waals surface area (Å²) < 4.78 is 34.3. The molecule has 1 aliphatic rings. The summed E-state index contributed by atoms with van der Waals surface area (Å²) in [6.07, 6.45) is 1.08. The molecular formula is C15H20F2N2O3. The highest BCUT2D eigenvalue weighted by Gasteiger charge is 2.26. The van der Waals surface area contributed by atoms with Crippen molar-refractivity contribution < 1.29 is 23.0 Å². The summed E-state index contributed by atoms with van der Waals surface area (Å²) in [5, 5.41) is 2.92. The zero-order valence-corrected chi connectivity index (χ0v) is 12.4. The molecule has 1 aromatic carbocycles. The van der Waals surface area contributed by atoms with E-state index in [0.717, 1.165) is 6.42 Å². The number of hydrogen-bond acceptors (Lipinski definition) is 4. The summed E-state index contributed by atoms with van der Waals surface area (Å²) in [7, 11) is 1.55. The number of rotatable bonds is 7. The average molecular weight is 314 g/mol. The van der Waals surface area contributed by atoms with Gasteiger partial charge in [0, 0.05) is 32.7 Å². The van der Waals surface area contributed by atoms with E-state index >= 15 is 0 Å². The van der Waals surface area contributed by atoms with Gasteiger partial charge in [-0.1, -0.05) is 12.1 Å². The molecule has 1 aromatic rings. The van der Waals surface area contributed by atoms with Crippen molar-refractivity contribution in [3.63, 3.8) is 0 Å². The van der Waals surface area contributed by atoms with Gasteiger partial charge in [0.15, 0.2) is 0 Å². The van der Waals surface area contributed by atoms with E-state index in [9.17, 15) is 13.6 Å². The van der Waals surface area contributed by atoms with E-state index in [2.05, 4.69) is 10.1 Å². The third-order valence-electron chi connectivity index (χ3n) is 3.51. The minimum Gasteiger partial charge on any atom is -0.433 e. The van der Waals surface area contributed by atoms with E-state index in [0.29, 0.717) is 31.8 Å². The topological polar surface area (TPSA) is 50.8 Å². The number of benzene rings is 1. The van der Waals surface area contributed by atoms with Gasteiger partial charge in [-0.15, -0.1) is 0 Å². The van der Waals surface area contributed by atoms with Crippen LogP contribution in [0.15, 0.2) is 24.3 Å². The molecule has 22 heavy (non-hydrogen) atoms. The fraction of sp³-hybridized carbons (Fsp3) is 0.533. The molecule has 0 bridgehead atoms. The normalized spacial score (nSPS) is 17.8. The van der Waals surface area contributed by atoms with E-state index in [1.165, 1.54) is 6.07 Å². The first-order chi connectivity index (χ1) is 10.6. The van der Waals surface area contributed by atoms with Gasteiger partial charge in [0.05, 0.1) is 12.3 Å². The van der Waals surface area contributed by atoms with Crippen LogP contribution >= 0.6 is 0 Å². The van der Waals surface area contributed by atoms with E-state index < -0.39 is 6.61 Å². The highest BCUT2D eigenvalue weighted by atomic mass is 19.3. The second kappa shape index (κ2) is 7.93. The van der Waals surface area contributed by atoms with Gasteiger partial charge in [-0.25, -0.2) is 0 Å². The van der Waals surface area contributed by atoms with Gasteiger partial charge in [-0.05, 0) is 18.6 Å². The van der Waals surface area contributed by atoms with Crippen molar-refractivity contribution in [1.29, 1.82) is 0 Å². The molecule has 1 heterocycles. The highest BCUT2D eigenvalue weighted by Crippen LogP contribution is 2.31. The van der Waals surface area contributed by atoms with Crippen molar-refractivity contribution in [1.82, 2.24) is 5.32 Å². The lowest BCUT2D eigenvalue weighted by Gasteiger charge is -2.22. The van der Waals surface area contributed by atoms with Gasteiger partial charge in [0.25, 0.3) is 0 Å². The molecule has 122 valence electrons. The van der Waals surface area contributed by atoms with Crippen LogP contribution in [0.4, 0.5) is 14.5 Å². The molecule has 1 aliphatic heterocycles. The molecule has 0 spiro atoms. The van der Waals surface area contributed by atoms with Crippen LogP contribution in [0.25, 0.3) is 0 Å². The summed E-state index contributed by atoms with van der Waals surface area (Å²) in [4.78, 5) is 13.6. The zero-order chi connectivity index (χ0) is 15.9. The first-order valence-electron chi connectivity index (χ1n) is 7.17. The van der Waals surface area contributed by atoms with Crippen molar-refractivity contribution in [3.05, 3.63) is 24.3 Å². The molecule has 0 radical (unpaired) electrons. The second-order valence-electron chi connectivity index (χ2n) is 5.09. The predicted molar refractivity (Wildman–Crippen MR) is 78.3 cm³/mol. The van der Waals surface area contributed by atoms with Crippen LogP contribution in [0.1, 0.15) is 12.8 Å². The zero-order valence-electron chi connectivity index (χ0n) is 12.4. The van der Waals surface area contributed by atoms with Crippen LogP contribution in [-0.2, 0) is 9.53 Å². The Labute approximate surface area is 128 Å². The number of halogens is 2. The maximum Gasteiger partial charge on any atom is 0.387 e. The maximum absolute atomic E-state index is 12.4. The summed E-state index contributed by atoms with van der Waals surface area (Å²) >= 11 is 0. The number of nitrogens with one attached hydrogen (secondary N) is 1. The third kappa shape index (κ3) is 4.56. The van der Waals surface area contributed by atoms with E-state index in [1.54, 1.807) is 25.3 Å². The molecular weight excluding hydrogens is 294 g/mol. The molecule has 5 nitrogen and oxygen atoms in total. The van der Waals surface area contributed by atoms with Crippen molar-refractivity contribution >= 4 is 11.6 Å². The maximum atomic E-state index is 12.4. The van der Waals surface area contributed by atoms with Crippen LogP contribution < -0.4 is 15.0 Å². The Bertz CT molecular complexity index is 499. The number of carbonyl (C=O) groups excluding carboxylic acids is 1. The van der Waals surface area contributed by atoms with Crippen molar-refractivity contribution in [3.8, 4) is 5.75 Å². The predicted octanol–water partition coefficient (Wildman–Crippen LogP) is 2.02. The lowest BCUT2D eigenvalue weighted by molar-refractivity contribution is -0.122. The van der Waals surface area contributed by atoms with E-state index in [1.807, 2.05) is 4.90 Å². The SMILES string of the molecule is COCCC(=O)N[C@@H]1CCN(c2ccccc2OC(F)F)C1. The first-order valence-corrected chi connectivity index (χ1v) is 7.17. The molecule has 7 heteroatoms. The molecule has 1 atom stereocenters. The van der Waals surface area contributed by atoms with Gasteiger partial charge in [0.2, 0.25) is 5.91 Å². The Morgan fingerprint density at radius 2 is 2.23 bits per heavy atom. The fourth-order valence-corrected chi connectivity index (χ4v) is 2.51. The van der Waals surface area contributed by atoms with Crippen LogP contribution in [-0.4, -0.2) is 45.4 Å². The Balaban J connectivity index is 1.94. The lowest BCUT2D eigenvalue weighted by atomic mass is 10.2. The monoisotopic (exact) mass is 314 g/mol. The number of para-hydroxylation sites is 2. The number of methoxy groups -OCH3 is 1. The van der Waals surface area contributed by atoms with Crippen LogP contribution in [0.2, 0.25) is 0 Å². The molecule has 1 amide bonds. The van der Waals surface area contributed by atoms with E-state index in [4.69, 9.17) is 4.74 Å². The third-order valence-corrected chi connectivity index (χ3v) is 3.51.